The van der Waals surface area contributed by atoms with Gasteiger partial charge in [0.15, 0.2) is 0 Å². The third kappa shape index (κ3) is 2.66. The molecule has 2 atom stereocenters. The number of phenols is 1. The number of hydrogen-bond donors (Lipinski definition) is 3. The van der Waals surface area contributed by atoms with Gasteiger partial charge in [0.1, 0.15) is 23.6 Å². The van der Waals surface area contributed by atoms with E-state index in [4.69, 9.17) is 4.74 Å². The molecule has 0 bridgehead atoms. The molecule has 1 aromatic rings. The van der Waals surface area contributed by atoms with Crippen LogP contribution in [0, 0.1) is 0 Å². The summed E-state index contributed by atoms with van der Waals surface area (Å²) in [5.41, 5.74) is -0.0798. The predicted molar refractivity (Wildman–Crippen MR) is 70.4 cm³/mol. The number of aliphatic carboxylic acids is 1. The molecular weight excluding hydrogens is 246 g/mol. The molecule has 19 heavy (non-hydrogen) atoms. The highest BCUT2D eigenvalue weighted by atomic mass is 16.5. The van der Waals surface area contributed by atoms with Crippen LogP contribution in [0.1, 0.15) is 38.3 Å². The number of carboxylic acids is 1. The maximum Gasteiger partial charge on any atom is 0.323 e. The number of fused-ring (bicyclic) bond motifs is 1. The van der Waals surface area contributed by atoms with Crippen LogP contribution >= 0.6 is 0 Å². The van der Waals surface area contributed by atoms with Crippen LogP contribution in [0.15, 0.2) is 18.2 Å². The molecule has 5 heteroatoms. The summed E-state index contributed by atoms with van der Waals surface area (Å²) in [7, 11) is 0. The monoisotopic (exact) mass is 265 g/mol. The lowest BCUT2D eigenvalue weighted by Crippen LogP contribution is -2.51. The van der Waals surface area contributed by atoms with E-state index in [0.29, 0.717) is 18.8 Å². The van der Waals surface area contributed by atoms with E-state index in [1.54, 1.807) is 25.1 Å². The van der Waals surface area contributed by atoms with E-state index in [2.05, 4.69) is 5.32 Å². The molecule has 0 saturated heterocycles. The van der Waals surface area contributed by atoms with Crippen molar-refractivity contribution in [3.05, 3.63) is 23.8 Å². The van der Waals surface area contributed by atoms with Gasteiger partial charge in [0.25, 0.3) is 0 Å². The van der Waals surface area contributed by atoms with Gasteiger partial charge in [-0.15, -0.1) is 0 Å². The number of aromatic hydroxyl groups is 1. The Balaban J connectivity index is 2.20. The number of carboxylic acid groups (broad SMARTS) is 1. The maximum absolute atomic E-state index is 11.4. The van der Waals surface area contributed by atoms with Crippen LogP contribution in [0.4, 0.5) is 0 Å². The Morgan fingerprint density at radius 2 is 2.32 bits per heavy atom. The largest absolute Gasteiger partial charge is 0.508 e. The molecule has 2 unspecified atom stereocenters. The SMILES string of the molecule is CCCC(C)(NC1COc2cc(O)ccc21)C(=O)O. The third-order valence-electron chi connectivity index (χ3n) is 3.49. The Morgan fingerprint density at radius 1 is 1.58 bits per heavy atom. The molecule has 1 aliphatic rings. The van der Waals surface area contributed by atoms with Gasteiger partial charge in [-0.2, -0.15) is 0 Å². The van der Waals surface area contributed by atoms with E-state index < -0.39 is 11.5 Å². The molecule has 2 rings (SSSR count). The maximum atomic E-state index is 11.4. The fourth-order valence-corrected chi connectivity index (χ4v) is 2.44. The molecule has 0 aromatic heterocycles. The Bertz CT molecular complexity index is 488. The van der Waals surface area contributed by atoms with Crippen LogP contribution in [-0.4, -0.2) is 28.3 Å². The van der Waals surface area contributed by atoms with Crippen molar-refractivity contribution >= 4 is 5.97 Å². The highest BCUT2D eigenvalue weighted by molar-refractivity contribution is 5.78. The van der Waals surface area contributed by atoms with E-state index >= 15 is 0 Å². The van der Waals surface area contributed by atoms with Gasteiger partial charge in [0.05, 0.1) is 6.04 Å². The number of nitrogens with one attached hydrogen (secondary N) is 1. The highest BCUT2D eigenvalue weighted by Gasteiger charge is 2.37. The lowest BCUT2D eigenvalue weighted by molar-refractivity contribution is -0.145. The van der Waals surface area contributed by atoms with E-state index in [1.807, 2.05) is 6.92 Å². The summed E-state index contributed by atoms with van der Waals surface area (Å²) in [6.45, 7) is 4.03. The van der Waals surface area contributed by atoms with Gasteiger partial charge in [-0.05, 0) is 25.5 Å². The van der Waals surface area contributed by atoms with E-state index in [9.17, 15) is 15.0 Å². The lowest BCUT2D eigenvalue weighted by Gasteiger charge is -2.29. The Kier molecular flexibility index (Phi) is 3.66. The predicted octanol–water partition coefficient (Wildman–Crippen LogP) is 2.06. The van der Waals surface area contributed by atoms with Crippen molar-refractivity contribution in [3.63, 3.8) is 0 Å². The number of rotatable bonds is 5. The molecule has 0 radical (unpaired) electrons. The van der Waals surface area contributed by atoms with Crippen LogP contribution in [-0.2, 0) is 4.79 Å². The summed E-state index contributed by atoms with van der Waals surface area (Å²) in [6, 6.07) is 4.74. The van der Waals surface area contributed by atoms with E-state index in [-0.39, 0.29) is 11.8 Å². The number of carbonyl (C=O) groups is 1. The second-order valence-electron chi connectivity index (χ2n) is 5.12. The first-order valence-corrected chi connectivity index (χ1v) is 6.43. The van der Waals surface area contributed by atoms with Crippen molar-refractivity contribution in [3.8, 4) is 11.5 Å². The van der Waals surface area contributed by atoms with E-state index in [1.165, 1.54) is 0 Å². The number of phenolic OH excluding ortho intramolecular Hbond substituents is 1. The number of hydrogen-bond acceptors (Lipinski definition) is 4. The normalized spacial score (nSPS) is 20.4. The molecule has 5 nitrogen and oxygen atoms in total. The minimum absolute atomic E-state index is 0.147. The molecule has 1 aliphatic heterocycles. The average Bonchev–Trinajstić information content (AvgIpc) is 2.71. The fraction of sp³-hybridized carbons (Fsp3) is 0.500. The first-order valence-electron chi connectivity index (χ1n) is 6.43. The third-order valence-corrected chi connectivity index (χ3v) is 3.49. The molecular formula is C14H19NO4. The number of benzene rings is 1. The first kappa shape index (κ1) is 13.7. The zero-order valence-corrected chi connectivity index (χ0v) is 11.1. The standard InChI is InChI=1S/C14H19NO4/c1-3-6-14(2,13(17)18)15-11-8-19-12-7-9(16)4-5-10(11)12/h4-5,7,11,15-16H,3,6,8H2,1-2H3,(H,17,18). The zero-order chi connectivity index (χ0) is 14.0. The van der Waals surface area contributed by atoms with Crippen molar-refractivity contribution in [2.75, 3.05) is 6.61 Å². The summed E-state index contributed by atoms with van der Waals surface area (Å²) in [5, 5.41) is 21.9. The Morgan fingerprint density at radius 3 is 2.95 bits per heavy atom. The molecule has 0 fully saturated rings. The molecule has 0 saturated carbocycles. The van der Waals surface area contributed by atoms with Gasteiger partial charge in [-0.1, -0.05) is 13.3 Å². The second kappa shape index (κ2) is 5.09. The van der Waals surface area contributed by atoms with Gasteiger partial charge in [0, 0.05) is 11.6 Å². The summed E-state index contributed by atoms with van der Waals surface area (Å²) >= 11 is 0. The summed E-state index contributed by atoms with van der Waals surface area (Å²) in [5.74, 6) is -0.0997. The first-order chi connectivity index (χ1) is 8.96. The molecule has 3 N–H and O–H groups in total. The molecule has 0 spiro atoms. The minimum atomic E-state index is -0.970. The van der Waals surface area contributed by atoms with Crippen molar-refractivity contribution in [2.24, 2.45) is 0 Å². The van der Waals surface area contributed by atoms with Crippen LogP contribution in [0.3, 0.4) is 0 Å². The van der Waals surface area contributed by atoms with Gasteiger partial charge >= 0.3 is 5.97 Å². The topological polar surface area (TPSA) is 78.8 Å². The van der Waals surface area contributed by atoms with Crippen molar-refractivity contribution in [1.82, 2.24) is 5.32 Å². The van der Waals surface area contributed by atoms with Crippen molar-refractivity contribution in [2.45, 2.75) is 38.3 Å². The van der Waals surface area contributed by atoms with Crippen LogP contribution in [0.25, 0.3) is 0 Å². The average molecular weight is 265 g/mol. The summed E-state index contributed by atoms with van der Waals surface area (Å²) in [6.07, 6.45) is 1.33. The minimum Gasteiger partial charge on any atom is -0.508 e. The summed E-state index contributed by atoms with van der Waals surface area (Å²) in [4.78, 5) is 11.4. The molecule has 1 heterocycles. The van der Waals surface area contributed by atoms with Gasteiger partial charge in [-0.25, -0.2) is 0 Å². The van der Waals surface area contributed by atoms with Crippen LogP contribution in [0.2, 0.25) is 0 Å². The van der Waals surface area contributed by atoms with Gasteiger partial charge < -0.3 is 14.9 Å². The van der Waals surface area contributed by atoms with E-state index in [0.717, 1.165) is 12.0 Å². The van der Waals surface area contributed by atoms with Crippen LogP contribution in [0.5, 0.6) is 11.5 Å². The fourth-order valence-electron chi connectivity index (χ4n) is 2.44. The number of ether oxygens (including phenoxy) is 1. The zero-order valence-electron chi connectivity index (χ0n) is 11.1. The van der Waals surface area contributed by atoms with Gasteiger partial charge in [0.2, 0.25) is 0 Å². The molecule has 0 aliphatic carbocycles. The molecule has 1 aromatic carbocycles. The quantitative estimate of drug-likeness (QED) is 0.759. The molecule has 104 valence electrons. The van der Waals surface area contributed by atoms with Crippen molar-refractivity contribution in [1.29, 1.82) is 0 Å². The Hall–Kier alpha value is -1.75. The second-order valence-corrected chi connectivity index (χ2v) is 5.12. The Labute approximate surface area is 112 Å². The molecule has 0 amide bonds. The smallest absolute Gasteiger partial charge is 0.323 e. The van der Waals surface area contributed by atoms with Gasteiger partial charge in [-0.3, -0.25) is 10.1 Å². The lowest BCUT2D eigenvalue weighted by atomic mass is 9.94. The van der Waals surface area contributed by atoms with Crippen LogP contribution < -0.4 is 10.1 Å². The highest BCUT2D eigenvalue weighted by Crippen LogP contribution is 2.36. The van der Waals surface area contributed by atoms with Crippen molar-refractivity contribution < 1.29 is 19.7 Å². The summed E-state index contributed by atoms with van der Waals surface area (Å²) < 4.78 is 5.48.